The first-order chi connectivity index (χ1) is 12.0. The number of hydrogen-bond donors (Lipinski definition) is 1. The second kappa shape index (κ2) is 7.20. The van der Waals surface area contributed by atoms with Crippen LogP contribution in [0.2, 0.25) is 0 Å². The normalized spacial score (nSPS) is 10.7. The van der Waals surface area contributed by atoms with E-state index in [1.807, 2.05) is 13.8 Å². The molecule has 0 aliphatic heterocycles. The number of anilines is 1. The highest BCUT2D eigenvalue weighted by molar-refractivity contribution is 7.17. The molecule has 0 aliphatic carbocycles. The lowest BCUT2D eigenvalue weighted by molar-refractivity contribution is 0.0527. The van der Waals surface area contributed by atoms with Gasteiger partial charge in [-0.3, -0.25) is 4.79 Å². The summed E-state index contributed by atoms with van der Waals surface area (Å²) in [4.78, 5) is 30.0. The first kappa shape index (κ1) is 17.4. The van der Waals surface area contributed by atoms with Crippen LogP contribution in [-0.2, 0) is 4.74 Å². The van der Waals surface area contributed by atoms with E-state index in [1.165, 1.54) is 22.7 Å². The Morgan fingerprint density at radius 1 is 1.36 bits per heavy atom. The lowest BCUT2D eigenvalue weighted by atomic mass is 10.1. The minimum Gasteiger partial charge on any atom is -0.472 e. The van der Waals surface area contributed by atoms with Gasteiger partial charge in [0, 0.05) is 15.8 Å². The molecule has 130 valence electrons. The minimum absolute atomic E-state index is 0.278. The predicted molar refractivity (Wildman–Crippen MR) is 97.5 cm³/mol. The lowest BCUT2D eigenvalue weighted by Crippen LogP contribution is -2.15. The Bertz CT molecular complexity index is 909. The van der Waals surface area contributed by atoms with Crippen molar-refractivity contribution in [3.8, 4) is 10.6 Å². The monoisotopic (exact) mass is 376 g/mol. The summed E-state index contributed by atoms with van der Waals surface area (Å²) in [5.74, 6) is -0.796. The first-order valence-corrected chi connectivity index (χ1v) is 9.27. The van der Waals surface area contributed by atoms with Gasteiger partial charge in [-0.15, -0.1) is 22.7 Å². The summed E-state index contributed by atoms with van der Waals surface area (Å²) in [6.07, 6.45) is 3.13. The molecular weight excluding hydrogens is 360 g/mol. The number of thiazole rings is 1. The summed E-state index contributed by atoms with van der Waals surface area (Å²) in [7, 11) is 0. The van der Waals surface area contributed by atoms with Crippen molar-refractivity contribution in [2.75, 3.05) is 11.9 Å². The van der Waals surface area contributed by atoms with Gasteiger partial charge in [0.05, 0.1) is 18.4 Å². The quantitative estimate of drug-likeness (QED) is 0.663. The van der Waals surface area contributed by atoms with Crippen LogP contribution in [0.5, 0.6) is 0 Å². The number of carbonyl (C=O) groups is 2. The smallest absolute Gasteiger partial charge is 0.341 e. The zero-order valence-electron chi connectivity index (χ0n) is 13.9. The molecule has 3 heterocycles. The Hall–Kier alpha value is -2.45. The van der Waals surface area contributed by atoms with E-state index < -0.39 is 5.97 Å². The second-order valence-corrected chi connectivity index (χ2v) is 7.29. The van der Waals surface area contributed by atoms with Crippen LogP contribution < -0.4 is 5.32 Å². The van der Waals surface area contributed by atoms with Gasteiger partial charge in [-0.2, -0.15) is 0 Å². The standard InChI is InChI=1S/C17H16N2O4S2/c1-4-23-17(21)13-9(2)10(3)25-16(13)19-14(20)12-8-24-15(18-12)11-5-6-22-7-11/h5-8H,4H2,1-3H3,(H,19,20). The Labute approximate surface area is 152 Å². The van der Waals surface area contributed by atoms with E-state index in [-0.39, 0.29) is 12.5 Å². The number of amides is 1. The van der Waals surface area contributed by atoms with Gasteiger partial charge in [0.2, 0.25) is 0 Å². The van der Waals surface area contributed by atoms with Crippen molar-refractivity contribution in [2.45, 2.75) is 20.8 Å². The molecule has 0 saturated carbocycles. The van der Waals surface area contributed by atoms with Crippen LogP contribution >= 0.6 is 22.7 Å². The molecule has 0 spiro atoms. The van der Waals surface area contributed by atoms with E-state index in [9.17, 15) is 9.59 Å². The molecule has 8 heteroatoms. The molecule has 0 unspecified atom stereocenters. The number of nitrogens with one attached hydrogen (secondary N) is 1. The van der Waals surface area contributed by atoms with Gasteiger partial charge >= 0.3 is 5.97 Å². The predicted octanol–water partition coefficient (Wildman–Crippen LogP) is 4.51. The maximum absolute atomic E-state index is 12.5. The fourth-order valence-corrected chi connectivity index (χ4v) is 4.06. The van der Waals surface area contributed by atoms with Crippen LogP contribution in [0.25, 0.3) is 10.6 Å². The number of thiophene rings is 1. The molecular formula is C17H16N2O4S2. The number of carbonyl (C=O) groups excluding carboxylic acids is 2. The van der Waals surface area contributed by atoms with Gasteiger partial charge in [0.25, 0.3) is 5.91 Å². The Morgan fingerprint density at radius 3 is 2.84 bits per heavy atom. The van der Waals surface area contributed by atoms with Crippen molar-refractivity contribution in [3.05, 3.63) is 45.7 Å². The van der Waals surface area contributed by atoms with Crippen LogP contribution in [0.15, 0.2) is 28.4 Å². The van der Waals surface area contributed by atoms with Crippen LogP contribution in [0, 0.1) is 13.8 Å². The molecule has 6 nitrogen and oxygen atoms in total. The summed E-state index contributed by atoms with van der Waals surface area (Å²) in [6, 6.07) is 1.78. The molecule has 0 radical (unpaired) electrons. The largest absolute Gasteiger partial charge is 0.472 e. The minimum atomic E-state index is -0.433. The van der Waals surface area contributed by atoms with Crippen molar-refractivity contribution < 1.29 is 18.7 Å². The molecule has 0 aliphatic rings. The fourth-order valence-electron chi connectivity index (χ4n) is 2.23. The van der Waals surface area contributed by atoms with Gasteiger partial charge < -0.3 is 14.5 Å². The number of rotatable bonds is 5. The molecule has 3 aromatic heterocycles. The van der Waals surface area contributed by atoms with E-state index in [2.05, 4.69) is 10.3 Å². The molecule has 0 aromatic carbocycles. The van der Waals surface area contributed by atoms with Gasteiger partial charge in [0.15, 0.2) is 0 Å². The molecule has 0 fully saturated rings. The maximum atomic E-state index is 12.5. The second-order valence-electron chi connectivity index (χ2n) is 5.21. The number of aromatic nitrogens is 1. The fraction of sp³-hybridized carbons (Fsp3) is 0.235. The lowest BCUT2D eigenvalue weighted by Gasteiger charge is -2.06. The summed E-state index contributed by atoms with van der Waals surface area (Å²) in [5.41, 5.74) is 2.33. The van der Waals surface area contributed by atoms with E-state index in [1.54, 1.807) is 30.9 Å². The summed E-state index contributed by atoms with van der Waals surface area (Å²) in [6.45, 7) is 5.77. The SMILES string of the molecule is CCOC(=O)c1c(NC(=O)c2csc(-c3ccoc3)n2)sc(C)c1C. The average molecular weight is 376 g/mol. The number of esters is 1. The molecule has 25 heavy (non-hydrogen) atoms. The third-order valence-electron chi connectivity index (χ3n) is 3.60. The van der Waals surface area contributed by atoms with Crippen LogP contribution in [0.1, 0.15) is 38.2 Å². The van der Waals surface area contributed by atoms with Gasteiger partial charge in [-0.05, 0) is 32.4 Å². The molecule has 1 N–H and O–H groups in total. The molecule has 3 aromatic rings. The van der Waals surface area contributed by atoms with Gasteiger partial charge in [0.1, 0.15) is 22.0 Å². The van der Waals surface area contributed by atoms with E-state index in [4.69, 9.17) is 9.15 Å². The molecule has 0 atom stereocenters. The van der Waals surface area contributed by atoms with Crippen molar-refractivity contribution in [1.29, 1.82) is 0 Å². The Kier molecular flexibility index (Phi) is 5.00. The summed E-state index contributed by atoms with van der Waals surface area (Å²) in [5, 5.41) is 5.64. The van der Waals surface area contributed by atoms with Crippen molar-refractivity contribution >= 4 is 39.6 Å². The maximum Gasteiger partial charge on any atom is 0.341 e. The third kappa shape index (κ3) is 3.49. The average Bonchev–Trinajstić information content (AvgIpc) is 3.29. The van der Waals surface area contributed by atoms with Gasteiger partial charge in [-0.1, -0.05) is 0 Å². The summed E-state index contributed by atoms with van der Waals surface area (Å²) < 4.78 is 10.1. The molecule has 0 saturated heterocycles. The van der Waals surface area contributed by atoms with Crippen molar-refractivity contribution in [2.24, 2.45) is 0 Å². The number of nitrogens with zero attached hydrogens (tertiary/aromatic N) is 1. The van der Waals surface area contributed by atoms with Crippen molar-refractivity contribution in [3.63, 3.8) is 0 Å². The summed E-state index contributed by atoms with van der Waals surface area (Å²) >= 11 is 2.70. The van der Waals surface area contributed by atoms with Crippen LogP contribution in [0.3, 0.4) is 0 Å². The van der Waals surface area contributed by atoms with Gasteiger partial charge in [-0.25, -0.2) is 9.78 Å². The molecule has 1 amide bonds. The Morgan fingerprint density at radius 2 is 2.16 bits per heavy atom. The number of hydrogen-bond acceptors (Lipinski definition) is 7. The zero-order chi connectivity index (χ0) is 18.0. The number of aryl methyl sites for hydroxylation is 1. The topological polar surface area (TPSA) is 81.4 Å². The zero-order valence-corrected chi connectivity index (χ0v) is 15.5. The van der Waals surface area contributed by atoms with E-state index >= 15 is 0 Å². The third-order valence-corrected chi connectivity index (χ3v) is 5.61. The van der Waals surface area contributed by atoms with E-state index in [0.29, 0.717) is 21.3 Å². The Balaban J connectivity index is 1.84. The number of ether oxygens (including phenoxy) is 1. The molecule has 3 rings (SSSR count). The highest BCUT2D eigenvalue weighted by Gasteiger charge is 2.23. The highest BCUT2D eigenvalue weighted by Crippen LogP contribution is 2.33. The molecule has 0 bridgehead atoms. The number of furan rings is 1. The highest BCUT2D eigenvalue weighted by atomic mass is 32.1. The first-order valence-electron chi connectivity index (χ1n) is 7.57. The van der Waals surface area contributed by atoms with Crippen LogP contribution in [0.4, 0.5) is 5.00 Å². The van der Waals surface area contributed by atoms with Crippen molar-refractivity contribution in [1.82, 2.24) is 4.98 Å². The van der Waals surface area contributed by atoms with E-state index in [0.717, 1.165) is 16.0 Å². The van der Waals surface area contributed by atoms with Crippen LogP contribution in [-0.4, -0.2) is 23.5 Å².